The standard InChI is InChI=1S/C18H21N3O2S/c1-11-6-7-13(10-12-4-2-3-5-14(11)12)20-18(23)21-17-15(16(19)22)8-9-24-17/h2-5,8-9,11,13H,6-7,10H2,1H3,(H2,19,22)(H2,20,21,23). The van der Waals surface area contributed by atoms with Gasteiger partial charge in [0.25, 0.3) is 5.91 Å². The molecule has 1 aromatic carbocycles. The monoisotopic (exact) mass is 343 g/mol. The summed E-state index contributed by atoms with van der Waals surface area (Å²) in [5.74, 6) is -0.0430. The molecule has 0 saturated carbocycles. The normalized spacial score (nSPS) is 19.9. The van der Waals surface area contributed by atoms with Crippen LogP contribution in [0.4, 0.5) is 9.80 Å². The van der Waals surface area contributed by atoms with Crippen molar-refractivity contribution in [3.63, 3.8) is 0 Å². The number of amides is 3. The molecule has 1 aliphatic rings. The smallest absolute Gasteiger partial charge is 0.320 e. The predicted molar refractivity (Wildman–Crippen MR) is 96.6 cm³/mol. The number of anilines is 1. The SMILES string of the molecule is CC1CCC(NC(=O)Nc2sccc2C(N)=O)Cc2ccccc21. The van der Waals surface area contributed by atoms with Gasteiger partial charge in [-0.2, -0.15) is 0 Å². The number of carbonyl (C=O) groups is 2. The van der Waals surface area contributed by atoms with Crippen molar-refractivity contribution in [2.75, 3.05) is 5.32 Å². The molecule has 1 aromatic heterocycles. The van der Waals surface area contributed by atoms with Gasteiger partial charge in [-0.1, -0.05) is 31.2 Å². The number of nitrogens with two attached hydrogens (primary N) is 1. The second-order valence-corrected chi connectivity index (χ2v) is 7.12. The quantitative estimate of drug-likeness (QED) is 0.746. The van der Waals surface area contributed by atoms with Gasteiger partial charge in [-0.25, -0.2) is 4.79 Å². The summed E-state index contributed by atoms with van der Waals surface area (Å²) in [7, 11) is 0. The molecule has 3 amide bonds. The zero-order valence-corrected chi connectivity index (χ0v) is 14.4. The minimum absolute atomic E-state index is 0.0769. The molecule has 24 heavy (non-hydrogen) atoms. The summed E-state index contributed by atoms with van der Waals surface area (Å²) >= 11 is 1.29. The lowest BCUT2D eigenvalue weighted by Gasteiger charge is -2.17. The maximum Gasteiger partial charge on any atom is 0.320 e. The van der Waals surface area contributed by atoms with Crippen LogP contribution in [0.3, 0.4) is 0 Å². The number of primary amides is 1. The van der Waals surface area contributed by atoms with Crippen LogP contribution < -0.4 is 16.4 Å². The molecular formula is C18H21N3O2S. The highest BCUT2D eigenvalue weighted by atomic mass is 32.1. The van der Waals surface area contributed by atoms with E-state index in [1.165, 1.54) is 22.5 Å². The zero-order chi connectivity index (χ0) is 17.1. The third-order valence-corrected chi connectivity index (χ3v) is 5.32. The van der Waals surface area contributed by atoms with Gasteiger partial charge in [-0.05, 0) is 47.8 Å². The molecule has 6 heteroatoms. The second kappa shape index (κ2) is 7.05. The van der Waals surface area contributed by atoms with Gasteiger partial charge in [0.05, 0.1) is 5.56 Å². The fourth-order valence-corrected chi connectivity index (χ4v) is 4.01. The molecule has 0 saturated heterocycles. The third-order valence-electron chi connectivity index (χ3n) is 4.49. The number of benzene rings is 1. The van der Waals surface area contributed by atoms with Crippen LogP contribution in [-0.4, -0.2) is 18.0 Å². The topological polar surface area (TPSA) is 84.2 Å². The van der Waals surface area contributed by atoms with E-state index in [4.69, 9.17) is 5.73 Å². The highest BCUT2D eigenvalue weighted by Crippen LogP contribution is 2.30. The molecule has 0 aliphatic heterocycles. The molecule has 2 unspecified atom stereocenters. The first-order chi connectivity index (χ1) is 11.5. The molecule has 4 N–H and O–H groups in total. The van der Waals surface area contributed by atoms with Crippen molar-refractivity contribution < 1.29 is 9.59 Å². The van der Waals surface area contributed by atoms with Gasteiger partial charge in [-0.15, -0.1) is 11.3 Å². The summed E-state index contributed by atoms with van der Waals surface area (Å²) in [6.07, 6.45) is 2.78. The molecule has 1 heterocycles. The Morgan fingerprint density at radius 1 is 1.21 bits per heavy atom. The molecule has 5 nitrogen and oxygen atoms in total. The average molecular weight is 343 g/mol. The number of fused-ring (bicyclic) bond motifs is 1. The van der Waals surface area contributed by atoms with Gasteiger partial charge in [0, 0.05) is 6.04 Å². The molecule has 1 aliphatic carbocycles. The van der Waals surface area contributed by atoms with Gasteiger partial charge < -0.3 is 11.1 Å². The number of nitrogens with one attached hydrogen (secondary N) is 2. The van der Waals surface area contributed by atoms with Crippen LogP contribution in [0.15, 0.2) is 35.7 Å². The van der Waals surface area contributed by atoms with Crippen molar-refractivity contribution in [3.05, 3.63) is 52.4 Å². The fourth-order valence-electron chi connectivity index (χ4n) is 3.22. The fraction of sp³-hybridized carbons (Fsp3) is 0.333. The summed E-state index contributed by atoms with van der Waals surface area (Å²) in [6, 6.07) is 9.81. The molecule has 0 bridgehead atoms. The lowest BCUT2D eigenvalue weighted by molar-refractivity contribution is 0.100. The summed E-state index contributed by atoms with van der Waals surface area (Å²) in [4.78, 5) is 23.6. The van der Waals surface area contributed by atoms with Gasteiger partial charge in [0.1, 0.15) is 5.00 Å². The first-order valence-electron chi connectivity index (χ1n) is 8.07. The minimum atomic E-state index is -0.538. The van der Waals surface area contributed by atoms with Gasteiger partial charge in [0.15, 0.2) is 0 Å². The first-order valence-corrected chi connectivity index (χ1v) is 8.95. The Kier molecular flexibility index (Phi) is 4.85. The van der Waals surface area contributed by atoms with Gasteiger partial charge in [-0.3, -0.25) is 10.1 Å². The Bertz CT molecular complexity index is 756. The Balaban J connectivity index is 1.67. The van der Waals surface area contributed by atoms with E-state index in [2.05, 4.69) is 35.8 Å². The number of rotatable bonds is 3. The summed E-state index contributed by atoms with van der Waals surface area (Å²) in [5, 5.41) is 8.00. The van der Waals surface area contributed by atoms with E-state index in [-0.39, 0.29) is 12.1 Å². The van der Waals surface area contributed by atoms with Crippen molar-refractivity contribution in [1.29, 1.82) is 0 Å². The Hall–Kier alpha value is -2.34. The Morgan fingerprint density at radius 2 is 2.00 bits per heavy atom. The lowest BCUT2D eigenvalue weighted by Crippen LogP contribution is -2.39. The van der Waals surface area contributed by atoms with Crippen molar-refractivity contribution in [2.45, 2.75) is 38.1 Å². The Morgan fingerprint density at radius 3 is 2.79 bits per heavy atom. The maximum atomic E-state index is 12.3. The van der Waals surface area contributed by atoms with E-state index in [1.807, 2.05) is 6.07 Å². The summed E-state index contributed by atoms with van der Waals surface area (Å²) in [5.41, 5.74) is 8.31. The van der Waals surface area contributed by atoms with Crippen LogP contribution >= 0.6 is 11.3 Å². The summed E-state index contributed by atoms with van der Waals surface area (Å²) < 4.78 is 0. The predicted octanol–water partition coefficient (Wildman–Crippen LogP) is 3.48. The number of hydrogen-bond acceptors (Lipinski definition) is 3. The number of carbonyl (C=O) groups excluding carboxylic acids is 2. The first kappa shape index (κ1) is 16.5. The van der Waals surface area contributed by atoms with Gasteiger partial charge >= 0.3 is 6.03 Å². The van der Waals surface area contributed by atoms with Gasteiger partial charge in [0.2, 0.25) is 0 Å². The van der Waals surface area contributed by atoms with E-state index < -0.39 is 5.91 Å². The third kappa shape index (κ3) is 3.59. The largest absolute Gasteiger partial charge is 0.366 e. The lowest BCUT2D eigenvalue weighted by atomic mass is 9.95. The molecule has 0 spiro atoms. The number of urea groups is 1. The van der Waals surface area contributed by atoms with Crippen molar-refractivity contribution in [2.24, 2.45) is 5.73 Å². The van der Waals surface area contributed by atoms with Crippen LogP contribution in [0.1, 0.15) is 47.2 Å². The molecule has 126 valence electrons. The minimum Gasteiger partial charge on any atom is -0.366 e. The van der Waals surface area contributed by atoms with Crippen molar-refractivity contribution in [1.82, 2.24) is 5.32 Å². The van der Waals surface area contributed by atoms with Crippen molar-refractivity contribution >= 4 is 28.3 Å². The second-order valence-electron chi connectivity index (χ2n) is 6.20. The van der Waals surface area contributed by atoms with E-state index >= 15 is 0 Å². The number of thiophene rings is 1. The molecule has 0 radical (unpaired) electrons. The van der Waals surface area contributed by atoms with E-state index in [0.717, 1.165) is 19.3 Å². The average Bonchev–Trinajstić information content (AvgIpc) is 2.94. The van der Waals surface area contributed by atoms with Crippen LogP contribution in [0.2, 0.25) is 0 Å². The van der Waals surface area contributed by atoms with Crippen LogP contribution in [-0.2, 0) is 6.42 Å². The molecule has 2 aromatic rings. The summed E-state index contributed by atoms with van der Waals surface area (Å²) in [6.45, 7) is 2.23. The van der Waals surface area contributed by atoms with E-state index in [0.29, 0.717) is 16.5 Å². The molecule has 2 atom stereocenters. The zero-order valence-electron chi connectivity index (χ0n) is 13.5. The van der Waals surface area contributed by atoms with E-state index in [9.17, 15) is 9.59 Å². The van der Waals surface area contributed by atoms with Crippen LogP contribution in [0.5, 0.6) is 0 Å². The molecule has 3 rings (SSSR count). The molecule has 0 fully saturated rings. The maximum absolute atomic E-state index is 12.3. The highest BCUT2D eigenvalue weighted by Gasteiger charge is 2.22. The Labute approximate surface area is 145 Å². The number of hydrogen-bond donors (Lipinski definition) is 3. The van der Waals surface area contributed by atoms with Crippen molar-refractivity contribution in [3.8, 4) is 0 Å². The van der Waals surface area contributed by atoms with Crippen LogP contribution in [0, 0.1) is 0 Å². The molecular weight excluding hydrogens is 322 g/mol. The van der Waals surface area contributed by atoms with E-state index in [1.54, 1.807) is 11.4 Å². The highest BCUT2D eigenvalue weighted by molar-refractivity contribution is 7.14. The van der Waals surface area contributed by atoms with Crippen LogP contribution in [0.25, 0.3) is 0 Å².